The highest BCUT2D eigenvalue weighted by molar-refractivity contribution is 4.91. The largest absolute Gasteiger partial charge is 0.338 e. The Bertz CT molecular complexity index is 304. The molecule has 1 aromatic heterocycles. The lowest BCUT2D eigenvalue weighted by Crippen LogP contribution is -2.34. The molecule has 0 bridgehead atoms. The smallest absolute Gasteiger partial charge is 0.108 e. The molecule has 0 saturated heterocycles. The summed E-state index contributed by atoms with van der Waals surface area (Å²) in [6, 6.07) is 0.648. The van der Waals surface area contributed by atoms with Crippen molar-refractivity contribution in [1.82, 2.24) is 14.9 Å². The Hall–Kier alpha value is -0.830. The molecule has 0 aromatic carbocycles. The van der Waals surface area contributed by atoms with E-state index in [2.05, 4.69) is 42.7 Å². The van der Waals surface area contributed by atoms with E-state index < -0.39 is 0 Å². The first-order valence-corrected chi connectivity index (χ1v) is 6.84. The Kier molecular flexibility index (Phi) is 6.27. The Morgan fingerprint density at radius 1 is 1.41 bits per heavy atom. The molecule has 1 heterocycles. The summed E-state index contributed by atoms with van der Waals surface area (Å²) >= 11 is 0. The first-order valence-electron chi connectivity index (χ1n) is 6.84. The second-order valence-electron chi connectivity index (χ2n) is 5.15. The first kappa shape index (κ1) is 14.2. The van der Waals surface area contributed by atoms with Crippen LogP contribution in [0.2, 0.25) is 0 Å². The molecule has 0 aliphatic heterocycles. The van der Waals surface area contributed by atoms with Gasteiger partial charge < -0.3 is 9.88 Å². The van der Waals surface area contributed by atoms with Crippen molar-refractivity contribution < 1.29 is 0 Å². The zero-order valence-corrected chi connectivity index (χ0v) is 11.7. The van der Waals surface area contributed by atoms with Crippen LogP contribution in [0.15, 0.2) is 12.4 Å². The van der Waals surface area contributed by atoms with Crippen LogP contribution in [0.25, 0.3) is 0 Å². The van der Waals surface area contributed by atoms with Crippen molar-refractivity contribution >= 4 is 0 Å². The Morgan fingerprint density at radius 2 is 2.18 bits per heavy atom. The number of aryl methyl sites for hydroxylation is 2. The number of nitrogens with one attached hydrogen (secondary N) is 1. The van der Waals surface area contributed by atoms with Crippen molar-refractivity contribution in [1.29, 1.82) is 0 Å². The maximum atomic E-state index is 4.36. The molecule has 3 nitrogen and oxygen atoms in total. The van der Waals surface area contributed by atoms with E-state index in [1.54, 1.807) is 0 Å². The topological polar surface area (TPSA) is 29.9 Å². The Balaban J connectivity index is 2.29. The van der Waals surface area contributed by atoms with Crippen molar-refractivity contribution in [2.45, 2.75) is 52.5 Å². The van der Waals surface area contributed by atoms with Gasteiger partial charge in [0.2, 0.25) is 0 Å². The van der Waals surface area contributed by atoms with E-state index in [4.69, 9.17) is 0 Å². The third kappa shape index (κ3) is 4.90. The SMILES string of the molecule is CCCNC(CCCc1nccn1C)C(C)C. The van der Waals surface area contributed by atoms with Crippen LogP contribution in [-0.2, 0) is 13.5 Å². The van der Waals surface area contributed by atoms with Gasteiger partial charge in [-0.3, -0.25) is 0 Å². The highest BCUT2D eigenvalue weighted by atomic mass is 15.0. The minimum absolute atomic E-state index is 0.648. The fourth-order valence-electron chi connectivity index (χ4n) is 2.12. The van der Waals surface area contributed by atoms with Gasteiger partial charge in [0.25, 0.3) is 0 Å². The van der Waals surface area contributed by atoms with Crippen LogP contribution in [0.1, 0.15) is 45.9 Å². The molecular formula is C14H27N3. The summed E-state index contributed by atoms with van der Waals surface area (Å²) in [5.41, 5.74) is 0. The van der Waals surface area contributed by atoms with Gasteiger partial charge >= 0.3 is 0 Å². The number of imidazole rings is 1. The second-order valence-corrected chi connectivity index (χ2v) is 5.15. The van der Waals surface area contributed by atoms with Gasteiger partial charge in [0.15, 0.2) is 0 Å². The molecule has 1 N–H and O–H groups in total. The maximum absolute atomic E-state index is 4.36. The summed E-state index contributed by atoms with van der Waals surface area (Å²) in [6.45, 7) is 7.95. The third-order valence-electron chi connectivity index (χ3n) is 3.30. The Morgan fingerprint density at radius 3 is 2.71 bits per heavy atom. The Labute approximate surface area is 106 Å². The molecule has 0 aliphatic carbocycles. The van der Waals surface area contributed by atoms with Crippen LogP contribution in [0, 0.1) is 5.92 Å². The molecule has 1 rings (SSSR count). The van der Waals surface area contributed by atoms with Gasteiger partial charge in [0.05, 0.1) is 0 Å². The molecule has 1 aromatic rings. The third-order valence-corrected chi connectivity index (χ3v) is 3.30. The summed E-state index contributed by atoms with van der Waals surface area (Å²) in [5, 5.41) is 3.64. The summed E-state index contributed by atoms with van der Waals surface area (Å²) in [5.74, 6) is 1.91. The summed E-state index contributed by atoms with van der Waals surface area (Å²) in [7, 11) is 2.07. The van der Waals surface area contributed by atoms with Crippen molar-refractivity contribution in [3.8, 4) is 0 Å². The molecule has 0 saturated carbocycles. The predicted octanol–water partition coefficient (Wildman–Crippen LogP) is 2.77. The lowest BCUT2D eigenvalue weighted by molar-refractivity contribution is 0.369. The molecule has 0 amide bonds. The predicted molar refractivity (Wildman–Crippen MR) is 73.1 cm³/mol. The lowest BCUT2D eigenvalue weighted by atomic mass is 9.98. The minimum atomic E-state index is 0.648. The molecule has 3 heteroatoms. The number of aromatic nitrogens is 2. The number of hydrogen-bond donors (Lipinski definition) is 1. The van der Waals surface area contributed by atoms with Crippen LogP contribution in [0.4, 0.5) is 0 Å². The lowest BCUT2D eigenvalue weighted by Gasteiger charge is -2.22. The average molecular weight is 237 g/mol. The van der Waals surface area contributed by atoms with Crippen molar-refractivity contribution in [2.75, 3.05) is 6.54 Å². The highest BCUT2D eigenvalue weighted by Gasteiger charge is 2.12. The van der Waals surface area contributed by atoms with E-state index in [9.17, 15) is 0 Å². The zero-order valence-electron chi connectivity index (χ0n) is 11.7. The monoisotopic (exact) mass is 237 g/mol. The summed E-state index contributed by atoms with van der Waals surface area (Å²) in [6.07, 6.45) is 8.65. The normalized spacial score (nSPS) is 13.2. The standard InChI is InChI=1S/C14H27N3/c1-5-9-15-13(12(2)3)7-6-8-14-16-10-11-17(14)4/h10-13,15H,5-9H2,1-4H3. The van der Waals surface area contributed by atoms with E-state index in [-0.39, 0.29) is 0 Å². The molecule has 0 spiro atoms. The van der Waals surface area contributed by atoms with E-state index in [0.717, 1.165) is 13.0 Å². The van der Waals surface area contributed by atoms with Gasteiger partial charge in [0, 0.05) is 31.9 Å². The van der Waals surface area contributed by atoms with E-state index in [1.807, 2.05) is 12.4 Å². The molecule has 1 unspecified atom stereocenters. The van der Waals surface area contributed by atoms with E-state index in [0.29, 0.717) is 12.0 Å². The number of hydrogen-bond acceptors (Lipinski definition) is 2. The average Bonchev–Trinajstić information content (AvgIpc) is 2.69. The highest BCUT2D eigenvalue weighted by Crippen LogP contribution is 2.11. The molecule has 1 atom stereocenters. The van der Waals surface area contributed by atoms with Crippen LogP contribution in [-0.4, -0.2) is 22.1 Å². The van der Waals surface area contributed by atoms with Crippen molar-refractivity contribution in [3.05, 3.63) is 18.2 Å². The second kappa shape index (κ2) is 7.49. The van der Waals surface area contributed by atoms with E-state index >= 15 is 0 Å². The molecule has 17 heavy (non-hydrogen) atoms. The molecule has 98 valence electrons. The van der Waals surface area contributed by atoms with Crippen LogP contribution < -0.4 is 5.32 Å². The molecular weight excluding hydrogens is 210 g/mol. The van der Waals surface area contributed by atoms with Crippen LogP contribution in [0.3, 0.4) is 0 Å². The quantitative estimate of drug-likeness (QED) is 0.753. The van der Waals surface area contributed by atoms with Crippen LogP contribution in [0.5, 0.6) is 0 Å². The minimum Gasteiger partial charge on any atom is -0.338 e. The fourth-order valence-corrected chi connectivity index (χ4v) is 2.12. The molecule has 0 fully saturated rings. The number of rotatable bonds is 8. The number of nitrogens with zero attached hydrogens (tertiary/aromatic N) is 2. The van der Waals surface area contributed by atoms with Crippen molar-refractivity contribution in [2.24, 2.45) is 13.0 Å². The molecule has 0 aliphatic rings. The van der Waals surface area contributed by atoms with E-state index in [1.165, 1.54) is 25.1 Å². The van der Waals surface area contributed by atoms with Gasteiger partial charge in [0.1, 0.15) is 5.82 Å². The van der Waals surface area contributed by atoms with Crippen LogP contribution >= 0.6 is 0 Å². The van der Waals surface area contributed by atoms with Gasteiger partial charge in [-0.1, -0.05) is 20.8 Å². The van der Waals surface area contributed by atoms with Gasteiger partial charge in [-0.05, 0) is 31.7 Å². The molecule has 0 radical (unpaired) electrons. The first-order chi connectivity index (χ1) is 8.15. The summed E-state index contributed by atoms with van der Waals surface area (Å²) in [4.78, 5) is 4.36. The zero-order chi connectivity index (χ0) is 12.7. The van der Waals surface area contributed by atoms with Crippen molar-refractivity contribution in [3.63, 3.8) is 0 Å². The fraction of sp³-hybridized carbons (Fsp3) is 0.786. The van der Waals surface area contributed by atoms with Gasteiger partial charge in [-0.15, -0.1) is 0 Å². The maximum Gasteiger partial charge on any atom is 0.108 e. The van der Waals surface area contributed by atoms with Gasteiger partial charge in [-0.25, -0.2) is 4.98 Å². The van der Waals surface area contributed by atoms with Gasteiger partial charge in [-0.2, -0.15) is 0 Å². The summed E-state index contributed by atoms with van der Waals surface area (Å²) < 4.78 is 2.11.